The minimum atomic E-state index is -0.227. The highest BCUT2D eigenvalue weighted by Crippen LogP contribution is 2.64. The summed E-state index contributed by atoms with van der Waals surface area (Å²) in [6.07, 6.45) is 5.51. The summed E-state index contributed by atoms with van der Waals surface area (Å²) in [6.45, 7) is 1.33. The van der Waals surface area contributed by atoms with Gasteiger partial charge in [0.2, 0.25) is 0 Å². The number of thiazole rings is 1. The molecular weight excluding hydrogens is 422 g/mol. The van der Waals surface area contributed by atoms with Crippen LogP contribution in [0.5, 0.6) is 0 Å². The van der Waals surface area contributed by atoms with Crippen LogP contribution in [0.3, 0.4) is 0 Å². The zero-order valence-electron chi connectivity index (χ0n) is 16.7. The van der Waals surface area contributed by atoms with Crippen molar-refractivity contribution in [1.82, 2.24) is 9.88 Å². The molecule has 5 aliphatic rings. The van der Waals surface area contributed by atoms with Crippen molar-refractivity contribution in [3.8, 4) is 0 Å². The van der Waals surface area contributed by atoms with Crippen LogP contribution in [0.25, 0.3) is 10.2 Å². The van der Waals surface area contributed by atoms with Crippen molar-refractivity contribution < 1.29 is 14.6 Å². The zero-order valence-corrected chi connectivity index (χ0v) is 18.3. The monoisotopic (exact) mass is 447 g/mol. The van der Waals surface area contributed by atoms with E-state index < -0.39 is 0 Å². The Kier molecular flexibility index (Phi) is 4.45. The number of nitrogens with one attached hydrogen (secondary N) is 1. The largest absolute Gasteiger partial charge is 0.446 e. The maximum atomic E-state index is 12.9. The summed E-state index contributed by atoms with van der Waals surface area (Å²) < 4.78 is 7.09. The van der Waals surface area contributed by atoms with Gasteiger partial charge < -0.3 is 20.1 Å². The van der Waals surface area contributed by atoms with Crippen molar-refractivity contribution in [2.45, 2.75) is 56.8 Å². The summed E-state index contributed by atoms with van der Waals surface area (Å²) in [5, 5.41) is 15.3. The number of anilines is 1. The number of fused-ring (bicyclic) bond motifs is 1. The fraction of sp³-hybridized carbons (Fsp3) is 0.636. The Labute approximate surface area is 184 Å². The summed E-state index contributed by atoms with van der Waals surface area (Å²) in [5.41, 5.74) is 1.28. The highest BCUT2D eigenvalue weighted by Gasteiger charge is 2.60. The Morgan fingerprint density at radius 1 is 1.30 bits per heavy atom. The van der Waals surface area contributed by atoms with Gasteiger partial charge in [0.25, 0.3) is 0 Å². The number of rotatable bonds is 3. The van der Waals surface area contributed by atoms with Crippen molar-refractivity contribution in [3.63, 3.8) is 0 Å². The molecule has 2 N–H and O–H groups in total. The molecule has 0 radical (unpaired) electrons. The molecule has 4 saturated carbocycles. The number of hydrogen-bond donors (Lipinski definition) is 2. The molecule has 6 nitrogen and oxygen atoms in total. The van der Waals surface area contributed by atoms with Gasteiger partial charge in [-0.3, -0.25) is 0 Å². The van der Waals surface area contributed by atoms with Crippen LogP contribution < -0.4 is 5.32 Å². The SMILES string of the molecule is O=C(OC1C2C[C@H](O)CC3(C2)CC1C3)N1CC[C@@H](Nc2nc3ccc(Cl)cc3s2)C1. The van der Waals surface area contributed by atoms with Crippen LogP contribution >= 0.6 is 22.9 Å². The predicted octanol–water partition coefficient (Wildman–Crippen LogP) is 4.51. The highest BCUT2D eigenvalue weighted by atomic mass is 35.5. The number of ether oxygens (including phenoxy) is 1. The molecule has 7 rings (SSSR count). The topological polar surface area (TPSA) is 74.7 Å². The lowest BCUT2D eigenvalue weighted by molar-refractivity contribution is -0.182. The van der Waals surface area contributed by atoms with Crippen molar-refractivity contribution in [3.05, 3.63) is 23.2 Å². The molecule has 4 atom stereocenters. The first-order chi connectivity index (χ1) is 14.5. The number of carbonyl (C=O) groups is 1. The van der Waals surface area contributed by atoms with E-state index >= 15 is 0 Å². The molecule has 160 valence electrons. The fourth-order valence-electron chi connectivity index (χ4n) is 6.47. The molecule has 2 heterocycles. The lowest BCUT2D eigenvalue weighted by atomic mass is 9.45. The summed E-state index contributed by atoms with van der Waals surface area (Å²) >= 11 is 7.66. The van der Waals surface area contributed by atoms with Crippen LogP contribution in [0.15, 0.2) is 18.2 Å². The van der Waals surface area contributed by atoms with Gasteiger partial charge in [0, 0.05) is 24.2 Å². The molecular formula is C22H26ClN3O3S. The third-order valence-corrected chi connectivity index (χ3v) is 8.80. The van der Waals surface area contributed by atoms with Crippen LogP contribution in [-0.2, 0) is 4.74 Å². The molecule has 2 unspecified atom stereocenters. The van der Waals surface area contributed by atoms with Gasteiger partial charge in [0.05, 0.1) is 16.3 Å². The van der Waals surface area contributed by atoms with E-state index in [0.29, 0.717) is 35.4 Å². The second kappa shape index (κ2) is 6.97. The van der Waals surface area contributed by atoms with Crippen LogP contribution in [0.2, 0.25) is 5.02 Å². The Balaban J connectivity index is 1.07. The number of hydrogen-bond acceptors (Lipinski definition) is 6. The quantitative estimate of drug-likeness (QED) is 0.723. The number of aromatic nitrogens is 1. The molecule has 1 aromatic carbocycles. The van der Waals surface area contributed by atoms with Gasteiger partial charge in [-0.2, -0.15) is 0 Å². The third-order valence-electron chi connectivity index (χ3n) is 7.62. The van der Waals surface area contributed by atoms with Crippen LogP contribution in [0, 0.1) is 17.3 Å². The van der Waals surface area contributed by atoms with Crippen LogP contribution in [-0.4, -0.2) is 52.4 Å². The van der Waals surface area contributed by atoms with Crippen molar-refractivity contribution in [1.29, 1.82) is 0 Å². The number of halogens is 1. The number of amides is 1. The normalized spacial score (nSPS) is 37.1. The minimum Gasteiger partial charge on any atom is -0.446 e. The molecule has 1 spiro atoms. The van der Waals surface area contributed by atoms with Crippen molar-refractivity contribution >= 4 is 44.4 Å². The van der Waals surface area contributed by atoms with Gasteiger partial charge in [-0.15, -0.1) is 0 Å². The van der Waals surface area contributed by atoms with Gasteiger partial charge in [-0.25, -0.2) is 9.78 Å². The van der Waals surface area contributed by atoms with E-state index in [1.165, 1.54) is 0 Å². The predicted molar refractivity (Wildman–Crippen MR) is 117 cm³/mol. The molecule has 1 amide bonds. The number of aliphatic hydroxyl groups is 1. The number of carbonyl (C=O) groups excluding carboxylic acids is 1. The Morgan fingerprint density at radius 3 is 3.00 bits per heavy atom. The molecule has 4 aliphatic carbocycles. The van der Waals surface area contributed by atoms with E-state index in [0.717, 1.165) is 53.9 Å². The molecule has 8 heteroatoms. The average molecular weight is 448 g/mol. The summed E-state index contributed by atoms with van der Waals surface area (Å²) in [4.78, 5) is 19.3. The Morgan fingerprint density at radius 2 is 2.13 bits per heavy atom. The lowest BCUT2D eigenvalue weighted by Gasteiger charge is -2.62. The van der Waals surface area contributed by atoms with E-state index in [4.69, 9.17) is 16.3 Å². The number of likely N-dealkylation sites (tertiary alicyclic amines) is 1. The van der Waals surface area contributed by atoms with Crippen LogP contribution in [0.4, 0.5) is 9.93 Å². The van der Waals surface area contributed by atoms with Gasteiger partial charge in [-0.1, -0.05) is 22.9 Å². The Bertz CT molecular complexity index is 991. The van der Waals surface area contributed by atoms with Crippen molar-refractivity contribution in [2.24, 2.45) is 17.3 Å². The zero-order chi connectivity index (χ0) is 20.5. The van der Waals surface area contributed by atoms with Crippen LogP contribution in [0.1, 0.15) is 38.5 Å². The van der Waals surface area contributed by atoms with Gasteiger partial charge in [-0.05, 0) is 74.0 Å². The lowest BCUT2D eigenvalue weighted by Crippen LogP contribution is -2.59. The average Bonchev–Trinajstić information content (AvgIpc) is 3.29. The van der Waals surface area contributed by atoms with E-state index in [9.17, 15) is 9.90 Å². The van der Waals surface area contributed by atoms with E-state index in [2.05, 4.69) is 10.3 Å². The number of aliphatic hydroxyl groups excluding tert-OH is 1. The van der Waals surface area contributed by atoms with Crippen molar-refractivity contribution in [2.75, 3.05) is 18.4 Å². The van der Waals surface area contributed by atoms with E-state index in [1.807, 2.05) is 23.1 Å². The Hall–Kier alpha value is -1.57. The summed E-state index contributed by atoms with van der Waals surface area (Å²) in [5.74, 6) is 0.822. The minimum absolute atomic E-state index is 0.0182. The molecule has 1 aromatic heterocycles. The first kappa shape index (κ1) is 19.1. The maximum Gasteiger partial charge on any atom is 0.410 e. The third kappa shape index (κ3) is 3.26. The second-order valence-corrected chi connectivity index (χ2v) is 11.2. The highest BCUT2D eigenvalue weighted by molar-refractivity contribution is 7.22. The smallest absolute Gasteiger partial charge is 0.410 e. The van der Waals surface area contributed by atoms with Gasteiger partial charge in [0.15, 0.2) is 5.13 Å². The first-order valence-corrected chi connectivity index (χ1v) is 12.1. The number of benzene rings is 1. The number of nitrogens with zero attached hydrogens (tertiary/aromatic N) is 2. The summed E-state index contributed by atoms with van der Waals surface area (Å²) in [7, 11) is 0. The fourth-order valence-corrected chi connectivity index (χ4v) is 7.69. The van der Waals surface area contributed by atoms with E-state index in [1.54, 1.807) is 11.3 Å². The first-order valence-electron chi connectivity index (χ1n) is 10.9. The molecule has 3 bridgehead atoms. The molecule has 30 heavy (non-hydrogen) atoms. The van der Waals surface area contributed by atoms with E-state index in [-0.39, 0.29) is 24.3 Å². The molecule has 1 saturated heterocycles. The summed E-state index contributed by atoms with van der Waals surface area (Å²) in [6, 6.07) is 5.88. The standard InChI is InChI=1S/C22H26ClN3O3S/c23-14-1-2-17-18(6-14)30-20(25-17)24-15-3-4-26(11-15)21(28)29-19-12-5-16(27)10-22(7-12)8-13(19)9-22/h1-2,6,12-13,15-16,19,27H,3-5,7-11H2,(H,24,25)/t12?,13?,15-,16+,19?,22?/m1/s1. The second-order valence-electron chi connectivity index (χ2n) is 9.78. The van der Waals surface area contributed by atoms with Gasteiger partial charge >= 0.3 is 6.09 Å². The molecule has 2 aromatic rings. The maximum absolute atomic E-state index is 12.9. The van der Waals surface area contributed by atoms with Gasteiger partial charge in [0.1, 0.15) is 6.10 Å². The molecule has 1 aliphatic heterocycles. The molecule has 5 fully saturated rings.